The lowest BCUT2D eigenvalue weighted by Gasteiger charge is -2.10. The van der Waals surface area contributed by atoms with Crippen LogP contribution in [-0.4, -0.2) is 31.6 Å². The van der Waals surface area contributed by atoms with Crippen molar-refractivity contribution in [1.29, 1.82) is 0 Å². The Bertz CT molecular complexity index is 701. The highest BCUT2D eigenvalue weighted by Crippen LogP contribution is 2.41. The van der Waals surface area contributed by atoms with Crippen LogP contribution >= 0.6 is 11.8 Å². The number of hydrogen-bond acceptors (Lipinski definition) is 4. The number of carbonyl (C=O) groups is 1. The van der Waals surface area contributed by atoms with E-state index < -0.39 is 17.6 Å². The summed E-state index contributed by atoms with van der Waals surface area (Å²) in [5.74, 6) is -1.69. The lowest BCUT2D eigenvalue weighted by molar-refractivity contribution is -0.133. The van der Waals surface area contributed by atoms with Crippen LogP contribution in [0.1, 0.15) is 24.6 Å². The van der Waals surface area contributed by atoms with Crippen molar-refractivity contribution in [1.82, 2.24) is 14.8 Å². The SMILES string of the molecule is O=C(O)CSc1nnc(C2CC2)n1-c1cc(F)ccc1F. The Balaban J connectivity index is 2.07. The quantitative estimate of drug-likeness (QED) is 0.860. The fourth-order valence-electron chi connectivity index (χ4n) is 1.99. The number of halogens is 2. The van der Waals surface area contributed by atoms with E-state index in [-0.39, 0.29) is 22.5 Å². The number of rotatable bonds is 5. The molecule has 0 saturated heterocycles. The third kappa shape index (κ3) is 2.90. The predicted octanol–water partition coefficient (Wildman–Crippen LogP) is 2.60. The number of carboxylic acid groups (broad SMARTS) is 1. The second-order valence-corrected chi connectivity index (χ2v) is 5.67. The first-order valence-corrected chi connectivity index (χ1v) is 7.30. The summed E-state index contributed by atoms with van der Waals surface area (Å²) < 4.78 is 28.8. The Morgan fingerprint density at radius 2 is 2.14 bits per heavy atom. The molecule has 110 valence electrons. The van der Waals surface area contributed by atoms with Crippen molar-refractivity contribution >= 4 is 17.7 Å². The Morgan fingerprint density at radius 1 is 1.38 bits per heavy atom. The smallest absolute Gasteiger partial charge is 0.313 e. The molecule has 21 heavy (non-hydrogen) atoms. The Morgan fingerprint density at radius 3 is 2.81 bits per heavy atom. The molecule has 1 aliphatic carbocycles. The molecule has 0 unspecified atom stereocenters. The molecule has 0 atom stereocenters. The van der Waals surface area contributed by atoms with Gasteiger partial charge in [-0.3, -0.25) is 9.36 Å². The molecule has 0 radical (unpaired) electrons. The van der Waals surface area contributed by atoms with Crippen LogP contribution in [0.15, 0.2) is 23.4 Å². The minimum absolute atomic E-state index is 0.00906. The van der Waals surface area contributed by atoms with Gasteiger partial charge in [-0.05, 0) is 25.0 Å². The summed E-state index contributed by atoms with van der Waals surface area (Å²) in [6.45, 7) is 0. The van der Waals surface area contributed by atoms with Crippen LogP contribution in [0.25, 0.3) is 5.69 Å². The monoisotopic (exact) mass is 311 g/mol. The maximum atomic E-state index is 14.0. The third-order valence-corrected chi connectivity index (χ3v) is 3.99. The van der Waals surface area contributed by atoms with Crippen LogP contribution in [-0.2, 0) is 4.79 Å². The number of aromatic nitrogens is 3. The van der Waals surface area contributed by atoms with E-state index in [4.69, 9.17) is 5.11 Å². The number of benzene rings is 1. The van der Waals surface area contributed by atoms with Crippen molar-refractivity contribution in [2.24, 2.45) is 0 Å². The van der Waals surface area contributed by atoms with Gasteiger partial charge in [0.05, 0.1) is 11.4 Å². The molecule has 0 bridgehead atoms. The predicted molar refractivity (Wildman–Crippen MR) is 71.6 cm³/mol. The van der Waals surface area contributed by atoms with Gasteiger partial charge in [-0.1, -0.05) is 11.8 Å². The standard InChI is InChI=1S/C13H11F2N3O2S/c14-8-3-4-9(15)10(5-8)18-12(7-1-2-7)16-17-13(18)21-6-11(19)20/h3-5,7H,1-2,6H2,(H,19,20). The molecule has 1 aliphatic rings. The Kier molecular flexibility index (Phi) is 3.62. The molecule has 1 N–H and O–H groups in total. The van der Waals surface area contributed by atoms with Crippen LogP contribution in [0.4, 0.5) is 8.78 Å². The van der Waals surface area contributed by atoms with Gasteiger partial charge in [0.2, 0.25) is 0 Å². The van der Waals surface area contributed by atoms with Gasteiger partial charge in [-0.15, -0.1) is 10.2 Å². The van der Waals surface area contributed by atoms with E-state index >= 15 is 0 Å². The van der Waals surface area contributed by atoms with Gasteiger partial charge in [0, 0.05) is 12.0 Å². The number of carboxylic acids is 1. The molecule has 1 aromatic heterocycles. The second-order valence-electron chi connectivity index (χ2n) is 4.73. The second kappa shape index (κ2) is 5.44. The maximum Gasteiger partial charge on any atom is 0.313 e. The highest BCUT2D eigenvalue weighted by atomic mass is 32.2. The fraction of sp³-hybridized carbons (Fsp3) is 0.308. The summed E-state index contributed by atoms with van der Waals surface area (Å²) in [4.78, 5) is 10.7. The lowest BCUT2D eigenvalue weighted by Crippen LogP contribution is -2.06. The number of nitrogens with zero attached hydrogens (tertiary/aromatic N) is 3. The minimum Gasteiger partial charge on any atom is -0.481 e. The van der Waals surface area contributed by atoms with Gasteiger partial charge in [0.25, 0.3) is 0 Å². The van der Waals surface area contributed by atoms with Crippen LogP contribution in [0.2, 0.25) is 0 Å². The van der Waals surface area contributed by atoms with Crippen LogP contribution in [0, 0.1) is 11.6 Å². The summed E-state index contributed by atoms with van der Waals surface area (Å²) in [5, 5.41) is 16.9. The molecule has 5 nitrogen and oxygen atoms in total. The third-order valence-electron chi connectivity index (χ3n) is 3.07. The van der Waals surface area contributed by atoms with Crippen molar-refractivity contribution in [2.45, 2.75) is 23.9 Å². The van der Waals surface area contributed by atoms with Crippen LogP contribution in [0.3, 0.4) is 0 Å². The summed E-state index contributed by atoms with van der Waals surface area (Å²) in [7, 11) is 0. The number of hydrogen-bond donors (Lipinski definition) is 1. The molecular formula is C13H11F2N3O2S. The van der Waals surface area contributed by atoms with Gasteiger partial charge in [-0.2, -0.15) is 0 Å². The number of aliphatic carboxylic acids is 1. The van der Waals surface area contributed by atoms with Gasteiger partial charge in [0.1, 0.15) is 17.5 Å². The van der Waals surface area contributed by atoms with E-state index in [0.29, 0.717) is 5.82 Å². The van der Waals surface area contributed by atoms with Gasteiger partial charge in [-0.25, -0.2) is 8.78 Å². The first-order chi connectivity index (χ1) is 10.1. The molecule has 8 heteroatoms. The van der Waals surface area contributed by atoms with Crippen molar-refractivity contribution in [2.75, 3.05) is 5.75 Å². The van der Waals surface area contributed by atoms with Gasteiger partial charge < -0.3 is 5.11 Å². The van der Waals surface area contributed by atoms with E-state index in [9.17, 15) is 13.6 Å². The zero-order valence-electron chi connectivity index (χ0n) is 10.8. The summed E-state index contributed by atoms with van der Waals surface area (Å²) in [5.41, 5.74) is 0.00906. The van der Waals surface area contributed by atoms with Crippen molar-refractivity contribution in [3.8, 4) is 5.69 Å². The van der Waals surface area contributed by atoms with Crippen LogP contribution in [0.5, 0.6) is 0 Å². The molecule has 2 aromatic rings. The molecular weight excluding hydrogens is 300 g/mol. The van der Waals surface area contributed by atoms with E-state index in [2.05, 4.69) is 10.2 Å². The first kappa shape index (κ1) is 14.0. The van der Waals surface area contributed by atoms with Crippen LogP contribution < -0.4 is 0 Å². The fourth-order valence-corrected chi connectivity index (χ4v) is 2.66. The van der Waals surface area contributed by atoms with E-state index in [1.165, 1.54) is 4.57 Å². The average Bonchev–Trinajstić information content (AvgIpc) is 3.20. The maximum absolute atomic E-state index is 14.0. The molecule has 0 spiro atoms. The molecule has 0 amide bonds. The van der Waals surface area contributed by atoms with E-state index in [0.717, 1.165) is 42.8 Å². The normalized spacial score (nSPS) is 14.4. The zero-order chi connectivity index (χ0) is 15.0. The Labute approximate surface area is 123 Å². The van der Waals surface area contributed by atoms with Gasteiger partial charge >= 0.3 is 5.97 Å². The Hall–Kier alpha value is -1.96. The molecule has 1 aromatic carbocycles. The molecule has 0 aliphatic heterocycles. The molecule has 1 fully saturated rings. The number of thioether (sulfide) groups is 1. The zero-order valence-corrected chi connectivity index (χ0v) is 11.6. The van der Waals surface area contributed by atoms with Crippen molar-refractivity contribution < 1.29 is 18.7 Å². The van der Waals surface area contributed by atoms with E-state index in [1.807, 2.05) is 0 Å². The summed E-state index contributed by atoms with van der Waals surface area (Å²) in [6, 6.07) is 3.13. The highest BCUT2D eigenvalue weighted by Gasteiger charge is 2.32. The van der Waals surface area contributed by atoms with Crippen molar-refractivity contribution in [3.05, 3.63) is 35.7 Å². The molecule has 3 rings (SSSR count). The lowest BCUT2D eigenvalue weighted by atomic mass is 10.2. The largest absolute Gasteiger partial charge is 0.481 e. The summed E-state index contributed by atoms with van der Waals surface area (Å²) >= 11 is 0.931. The van der Waals surface area contributed by atoms with Crippen molar-refractivity contribution in [3.63, 3.8) is 0 Å². The molecule has 1 saturated carbocycles. The molecule has 1 heterocycles. The summed E-state index contributed by atoms with van der Waals surface area (Å²) in [6.07, 6.45) is 1.83. The van der Waals surface area contributed by atoms with E-state index in [1.54, 1.807) is 0 Å². The highest BCUT2D eigenvalue weighted by molar-refractivity contribution is 7.99. The first-order valence-electron chi connectivity index (χ1n) is 6.31. The minimum atomic E-state index is -1.01. The topological polar surface area (TPSA) is 68.0 Å². The van der Waals surface area contributed by atoms with Gasteiger partial charge in [0.15, 0.2) is 5.16 Å². The average molecular weight is 311 g/mol.